The second-order valence-electron chi connectivity index (χ2n) is 6.69. The number of carbonyl (C=O) groups excluding carboxylic acids is 1. The van der Waals surface area contributed by atoms with Gasteiger partial charge in [-0.05, 0) is 43.7 Å². The van der Waals surface area contributed by atoms with Gasteiger partial charge in [-0.3, -0.25) is 9.69 Å². The lowest BCUT2D eigenvalue weighted by molar-refractivity contribution is -0.0704. The molecule has 1 aliphatic rings. The molecule has 2 unspecified atom stereocenters. The number of nitrogens with one attached hydrogen (secondary N) is 1. The molecule has 0 aromatic heterocycles. The Morgan fingerprint density at radius 3 is 2.54 bits per heavy atom. The normalized spacial score (nSPS) is 20.8. The number of anilines is 1. The summed E-state index contributed by atoms with van der Waals surface area (Å²) in [6, 6.07) is 12.7. The summed E-state index contributed by atoms with van der Waals surface area (Å²) in [5.74, 6) is -0.247. The van der Waals surface area contributed by atoms with Crippen LogP contribution in [0.1, 0.15) is 29.8 Å². The summed E-state index contributed by atoms with van der Waals surface area (Å²) < 4.78 is 5.79. The smallest absolute Gasteiger partial charge is 0.257 e. The van der Waals surface area contributed by atoms with E-state index in [0.717, 1.165) is 30.9 Å². The molecule has 2 aromatic rings. The molecule has 4 nitrogen and oxygen atoms in total. The number of benzene rings is 2. The number of rotatable bonds is 4. The van der Waals surface area contributed by atoms with E-state index < -0.39 is 0 Å². The van der Waals surface area contributed by atoms with Gasteiger partial charge in [0.15, 0.2) is 0 Å². The standard InChI is InChI=1S/C20H22Cl2N2O2/c1-13-10-24(11-14(2)26-13)12-15-5-3-4-6-19(15)23-20(25)17-8-7-16(21)9-18(17)22/h3-9,13-14H,10-12H2,1-2H3,(H,23,25). The van der Waals surface area contributed by atoms with Crippen LogP contribution in [0.3, 0.4) is 0 Å². The molecule has 2 aromatic carbocycles. The zero-order valence-corrected chi connectivity index (χ0v) is 16.3. The van der Waals surface area contributed by atoms with Gasteiger partial charge in [-0.2, -0.15) is 0 Å². The third-order valence-electron chi connectivity index (χ3n) is 4.33. The van der Waals surface area contributed by atoms with E-state index in [4.69, 9.17) is 27.9 Å². The van der Waals surface area contributed by atoms with E-state index in [1.807, 2.05) is 24.3 Å². The highest BCUT2D eigenvalue weighted by Crippen LogP contribution is 2.24. The van der Waals surface area contributed by atoms with Crippen LogP contribution in [0.4, 0.5) is 5.69 Å². The fourth-order valence-electron chi connectivity index (χ4n) is 3.30. The number of para-hydroxylation sites is 1. The fourth-order valence-corrected chi connectivity index (χ4v) is 3.79. The van der Waals surface area contributed by atoms with Crippen LogP contribution < -0.4 is 5.32 Å². The molecule has 0 aliphatic carbocycles. The summed E-state index contributed by atoms with van der Waals surface area (Å²) in [6.45, 7) is 6.66. The predicted molar refractivity (Wildman–Crippen MR) is 106 cm³/mol. The Balaban J connectivity index is 1.75. The maximum Gasteiger partial charge on any atom is 0.257 e. The zero-order chi connectivity index (χ0) is 18.7. The van der Waals surface area contributed by atoms with Crippen molar-refractivity contribution < 1.29 is 9.53 Å². The number of ether oxygens (including phenoxy) is 1. The third kappa shape index (κ3) is 4.77. The zero-order valence-electron chi connectivity index (χ0n) is 14.8. The minimum Gasteiger partial charge on any atom is -0.373 e. The molecule has 26 heavy (non-hydrogen) atoms. The van der Waals surface area contributed by atoms with Crippen molar-refractivity contribution in [3.8, 4) is 0 Å². The summed E-state index contributed by atoms with van der Waals surface area (Å²) in [4.78, 5) is 15.0. The fraction of sp³-hybridized carbons (Fsp3) is 0.350. The van der Waals surface area contributed by atoms with Gasteiger partial charge in [-0.15, -0.1) is 0 Å². The Labute approximate surface area is 164 Å². The second-order valence-corrected chi connectivity index (χ2v) is 7.53. The van der Waals surface area contributed by atoms with Gasteiger partial charge in [0.1, 0.15) is 0 Å². The average molecular weight is 393 g/mol. The molecule has 0 spiro atoms. The Kier molecular flexibility index (Phi) is 6.20. The monoisotopic (exact) mass is 392 g/mol. The van der Waals surface area contributed by atoms with Gasteiger partial charge in [-0.25, -0.2) is 0 Å². The van der Waals surface area contributed by atoms with Gasteiger partial charge in [0.25, 0.3) is 5.91 Å². The number of nitrogens with zero attached hydrogens (tertiary/aromatic N) is 1. The molecular formula is C20H22Cl2N2O2. The molecule has 3 rings (SSSR count). The molecule has 1 fully saturated rings. The Bertz CT molecular complexity index is 787. The van der Waals surface area contributed by atoms with Crippen molar-refractivity contribution in [2.24, 2.45) is 0 Å². The Morgan fingerprint density at radius 2 is 1.85 bits per heavy atom. The predicted octanol–water partition coefficient (Wildman–Crippen LogP) is 4.85. The van der Waals surface area contributed by atoms with Crippen LogP contribution in [-0.2, 0) is 11.3 Å². The molecule has 0 radical (unpaired) electrons. The van der Waals surface area contributed by atoms with E-state index in [0.29, 0.717) is 15.6 Å². The number of amides is 1. The van der Waals surface area contributed by atoms with Gasteiger partial charge in [-0.1, -0.05) is 41.4 Å². The van der Waals surface area contributed by atoms with E-state index in [1.165, 1.54) is 0 Å². The molecule has 2 atom stereocenters. The van der Waals surface area contributed by atoms with Crippen LogP contribution >= 0.6 is 23.2 Å². The van der Waals surface area contributed by atoms with Crippen LogP contribution in [0.25, 0.3) is 0 Å². The lowest BCUT2D eigenvalue weighted by Crippen LogP contribution is -2.44. The number of hydrogen-bond acceptors (Lipinski definition) is 3. The summed E-state index contributed by atoms with van der Waals surface area (Å²) in [7, 11) is 0. The lowest BCUT2D eigenvalue weighted by atomic mass is 10.1. The van der Waals surface area contributed by atoms with Gasteiger partial charge >= 0.3 is 0 Å². The first-order valence-electron chi connectivity index (χ1n) is 8.64. The molecule has 1 saturated heterocycles. The third-order valence-corrected chi connectivity index (χ3v) is 4.88. The summed E-state index contributed by atoms with van der Waals surface area (Å²) in [5.41, 5.74) is 2.25. The van der Waals surface area contributed by atoms with Crippen molar-refractivity contribution in [2.75, 3.05) is 18.4 Å². The van der Waals surface area contributed by atoms with Gasteiger partial charge < -0.3 is 10.1 Å². The van der Waals surface area contributed by atoms with Gasteiger partial charge in [0.05, 0.1) is 22.8 Å². The number of halogens is 2. The molecular weight excluding hydrogens is 371 g/mol. The highest BCUT2D eigenvalue weighted by Gasteiger charge is 2.23. The van der Waals surface area contributed by atoms with Crippen molar-refractivity contribution in [1.82, 2.24) is 4.90 Å². The van der Waals surface area contributed by atoms with E-state index in [2.05, 4.69) is 24.1 Å². The highest BCUT2D eigenvalue weighted by atomic mass is 35.5. The minimum absolute atomic E-state index is 0.202. The topological polar surface area (TPSA) is 41.6 Å². The van der Waals surface area contributed by atoms with Crippen molar-refractivity contribution in [1.29, 1.82) is 0 Å². The van der Waals surface area contributed by atoms with Crippen LogP contribution in [0.15, 0.2) is 42.5 Å². The molecule has 1 aliphatic heterocycles. The molecule has 1 N–H and O–H groups in total. The van der Waals surface area contributed by atoms with Crippen LogP contribution in [0.5, 0.6) is 0 Å². The largest absolute Gasteiger partial charge is 0.373 e. The lowest BCUT2D eigenvalue weighted by Gasteiger charge is -2.35. The maximum absolute atomic E-state index is 12.6. The SMILES string of the molecule is CC1CN(Cc2ccccc2NC(=O)c2ccc(Cl)cc2Cl)CC(C)O1. The summed E-state index contributed by atoms with van der Waals surface area (Å²) in [5, 5.41) is 3.81. The molecule has 0 bridgehead atoms. The van der Waals surface area contributed by atoms with E-state index in [9.17, 15) is 4.79 Å². The molecule has 138 valence electrons. The van der Waals surface area contributed by atoms with Crippen LogP contribution in [-0.4, -0.2) is 36.1 Å². The Hall–Kier alpha value is -1.59. The van der Waals surface area contributed by atoms with E-state index in [-0.39, 0.29) is 18.1 Å². The quantitative estimate of drug-likeness (QED) is 0.807. The number of hydrogen-bond donors (Lipinski definition) is 1. The molecule has 6 heteroatoms. The van der Waals surface area contributed by atoms with E-state index in [1.54, 1.807) is 18.2 Å². The van der Waals surface area contributed by atoms with Gasteiger partial charge in [0.2, 0.25) is 0 Å². The number of carbonyl (C=O) groups is 1. The average Bonchev–Trinajstić information content (AvgIpc) is 2.55. The number of morpholine rings is 1. The molecule has 1 heterocycles. The van der Waals surface area contributed by atoms with Gasteiger partial charge in [0, 0.05) is 30.3 Å². The molecule has 0 saturated carbocycles. The van der Waals surface area contributed by atoms with Crippen molar-refractivity contribution in [3.05, 3.63) is 63.6 Å². The first-order chi connectivity index (χ1) is 12.4. The molecule has 1 amide bonds. The minimum atomic E-state index is -0.247. The maximum atomic E-state index is 12.6. The highest BCUT2D eigenvalue weighted by molar-refractivity contribution is 6.37. The van der Waals surface area contributed by atoms with Crippen LogP contribution in [0.2, 0.25) is 10.0 Å². The first kappa shape index (κ1) is 19.2. The Morgan fingerprint density at radius 1 is 1.15 bits per heavy atom. The van der Waals surface area contributed by atoms with Crippen molar-refractivity contribution in [2.45, 2.75) is 32.6 Å². The second kappa shape index (κ2) is 8.40. The first-order valence-corrected chi connectivity index (χ1v) is 9.40. The van der Waals surface area contributed by atoms with Crippen LogP contribution in [0, 0.1) is 0 Å². The van der Waals surface area contributed by atoms with E-state index >= 15 is 0 Å². The van der Waals surface area contributed by atoms with Crippen molar-refractivity contribution in [3.63, 3.8) is 0 Å². The summed E-state index contributed by atoms with van der Waals surface area (Å²) in [6.07, 6.45) is 0.404. The van der Waals surface area contributed by atoms with Crippen molar-refractivity contribution >= 4 is 34.8 Å². The summed E-state index contributed by atoms with van der Waals surface area (Å²) >= 11 is 12.1.